The van der Waals surface area contributed by atoms with Gasteiger partial charge in [0.1, 0.15) is 0 Å². The minimum atomic E-state index is -0.0134. The lowest BCUT2D eigenvalue weighted by atomic mass is 9.97. The van der Waals surface area contributed by atoms with Crippen LogP contribution in [0.5, 0.6) is 0 Å². The second-order valence-corrected chi connectivity index (χ2v) is 5.32. The molecule has 0 fully saturated rings. The monoisotopic (exact) mass is 200 g/mol. The summed E-state index contributed by atoms with van der Waals surface area (Å²) in [7, 11) is 2.17. The van der Waals surface area contributed by atoms with Crippen LogP contribution in [0.25, 0.3) is 0 Å². The third kappa shape index (κ3) is 7.34. The van der Waals surface area contributed by atoms with Crippen molar-refractivity contribution in [3.05, 3.63) is 0 Å². The van der Waals surface area contributed by atoms with Crippen LogP contribution in [-0.2, 0) is 0 Å². The lowest BCUT2D eigenvalue weighted by molar-refractivity contribution is 0.236. The van der Waals surface area contributed by atoms with Crippen LogP contribution in [0.1, 0.15) is 47.0 Å². The molecule has 0 bridgehead atoms. The minimum absolute atomic E-state index is 0.0134. The van der Waals surface area contributed by atoms with Crippen LogP contribution in [-0.4, -0.2) is 30.6 Å². The zero-order valence-electron chi connectivity index (χ0n) is 10.6. The molecule has 2 N–H and O–H groups in total. The number of rotatable bonds is 7. The van der Waals surface area contributed by atoms with Gasteiger partial charge in [-0.1, -0.05) is 27.2 Å². The molecule has 0 saturated heterocycles. The summed E-state index contributed by atoms with van der Waals surface area (Å²) in [6.07, 6.45) is 3.54. The van der Waals surface area contributed by atoms with Crippen LogP contribution in [0.3, 0.4) is 0 Å². The fourth-order valence-electron chi connectivity index (χ4n) is 1.82. The summed E-state index contributed by atoms with van der Waals surface area (Å²) in [6, 6.07) is 0. The summed E-state index contributed by atoms with van der Waals surface area (Å²) in [5.74, 6) is 0.785. The molecule has 1 unspecified atom stereocenters. The second-order valence-electron chi connectivity index (χ2n) is 5.32. The Labute approximate surface area is 89.9 Å². The quantitative estimate of drug-likeness (QED) is 0.684. The van der Waals surface area contributed by atoms with Gasteiger partial charge in [-0.3, -0.25) is 0 Å². The number of hydrogen-bond donors (Lipinski definition) is 1. The van der Waals surface area contributed by atoms with Gasteiger partial charge in [0, 0.05) is 12.1 Å². The van der Waals surface area contributed by atoms with Crippen LogP contribution in [0.15, 0.2) is 0 Å². The van der Waals surface area contributed by atoms with E-state index < -0.39 is 0 Å². The zero-order chi connectivity index (χ0) is 11.2. The minimum Gasteiger partial charge on any atom is -0.324 e. The van der Waals surface area contributed by atoms with Gasteiger partial charge in [-0.15, -0.1) is 0 Å². The maximum absolute atomic E-state index is 6.19. The summed E-state index contributed by atoms with van der Waals surface area (Å²) < 4.78 is 0. The molecule has 0 aromatic rings. The molecule has 1 atom stereocenters. The molecular weight excluding hydrogens is 172 g/mol. The fourth-order valence-corrected chi connectivity index (χ4v) is 1.82. The molecule has 0 aromatic carbocycles. The highest BCUT2D eigenvalue weighted by Gasteiger charge is 2.19. The summed E-state index contributed by atoms with van der Waals surface area (Å²) in [5, 5.41) is 0. The molecular formula is C12H28N2. The van der Waals surface area contributed by atoms with Crippen LogP contribution >= 0.6 is 0 Å². The first-order valence-electron chi connectivity index (χ1n) is 5.85. The molecule has 0 aromatic heterocycles. The highest BCUT2D eigenvalue weighted by molar-refractivity contribution is 4.81. The Morgan fingerprint density at radius 1 is 1.36 bits per heavy atom. The summed E-state index contributed by atoms with van der Waals surface area (Å²) >= 11 is 0. The van der Waals surface area contributed by atoms with E-state index in [-0.39, 0.29) is 5.54 Å². The van der Waals surface area contributed by atoms with E-state index in [1.165, 1.54) is 12.8 Å². The van der Waals surface area contributed by atoms with Crippen molar-refractivity contribution in [3.8, 4) is 0 Å². The summed E-state index contributed by atoms with van der Waals surface area (Å²) in [5.41, 5.74) is 6.18. The van der Waals surface area contributed by atoms with Crippen LogP contribution < -0.4 is 5.73 Å². The Kier molecular flexibility index (Phi) is 6.38. The van der Waals surface area contributed by atoms with E-state index in [4.69, 9.17) is 5.73 Å². The van der Waals surface area contributed by atoms with Gasteiger partial charge in [0.05, 0.1) is 0 Å². The van der Waals surface area contributed by atoms with E-state index in [1.807, 2.05) is 0 Å². The van der Waals surface area contributed by atoms with Crippen LogP contribution in [0, 0.1) is 5.92 Å². The van der Waals surface area contributed by atoms with Crippen molar-refractivity contribution in [2.45, 2.75) is 52.5 Å². The van der Waals surface area contributed by atoms with E-state index in [0.29, 0.717) is 0 Å². The van der Waals surface area contributed by atoms with E-state index in [0.717, 1.165) is 25.4 Å². The Bertz CT molecular complexity index is 141. The van der Waals surface area contributed by atoms with E-state index in [2.05, 4.69) is 39.6 Å². The Hall–Kier alpha value is -0.0800. The van der Waals surface area contributed by atoms with Gasteiger partial charge in [-0.05, 0) is 39.3 Å². The molecule has 2 heteroatoms. The van der Waals surface area contributed by atoms with E-state index >= 15 is 0 Å². The van der Waals surface area contributed by atoms with Crippen molar-refractivity contribution in [3.63, 3.8) is 0 Å². The van der Waals surface area contributed by atoms with E-state index in [9.17, 15) is 0 Å². The molecule has 86 valence electrons. The van der Waals surface area contributed by atoms with Crippen LogP contribution in [0.4, 0.5) is 0 Å². The largest absolute Gasteiger partial charge is 0.324 e. The molecule has 0 saturated carbocycles. The van der Waals surface area contributed by atoms with Crippen molar-refractivity contribution in [1.29, 1.82) is 0 Å². The van der Waals surface area contributed by atoms with Crippen molar-refractivity contribution in [1.82, 2.24) is 4.90 Å². The highest BCUT2D eigenvalue weighted by atomic mass is 15.1. The Balaban J connectivity index is 3.74. The number of likely N-dealkylation sites (N-methyl/N-ethyl adjacent to an activating group) is 1. The zero-order valence-corrected chi connectivity index (χ0v) is 10.6. The fraction of sp³-hybridized carbons (Fsp3) is 1.00. The first-order chi connectivity index (χ1) is 6.37. The summed E-state index contributed by atoms with van der Waals surface area (Å²) in [4.78, 5) is 2.36. The molecule has 14 heavy (non-hydrogen) atoms. The second kappa shape index (κ2) is 6.41. The summed E-state index contributed by atoms with van der Waals surface area (Å²) in [6.45, 7) is 11.0. The van der Waals surface area contributed by atoms with Gasteiger partial charge < -0.3 is 10.6 Å². The van der Waals surface area contributed by atoms with Gasteiger partial charge in [0.15, 0.2) is 0 Å². The molecule has 2 nitrogen and oxygen atoms in total. The van der Waals surface area contributed by atoms with Crippen molar-refractivity contribution in [2.75, 3.05) is 20.1 Å². The molecule has 0 amide bonds. The molecule has 0 aliphatic rings. The van der Waals surface area contributed by atoms with Gasteiger partial charge in [0.25, 0.3) is 0 Å². The Morgan fingerprint density at radius 3 is 2.36 bits per heavy atom. The molecule has 0 rings (SSSR count). The topological polar surface area (TPSA) is 29.3 Å². The van der Waals surface area contributed by atoms with Gasteiger partial charge >= 0.3 is 0 Å². The normalized spacial score (nSPS) is 16.3. The molecule has 0 aliphatic heterocycles. The molecule has 0 heterocycles. The van der Waals surface area contributed by atoms with Gasteiger partial charge in [-0.25, -0.2) is 0 Å². The maximum atomic E-state index is 6.19. The van der Waals surface area contributed by atoms with Crippen LogP contribution in [0.2, 0.25) is 0 Å². The number of nitrogens with two attached hydrogens (primary N) is 1. The van der Waals surface area contributed by atoms with Gasteiger partial charge in [-0.2, -0.15) is 0 Å². The SMILES string of the molecule is CCCC(C)(N)CN(C)CCC(C)C. The Morgan fingerprint density at radius 2 is 1.93 bits per heavy atom. The molecule has 0 aliphatic carbocycles. The average molecular weight is 200 g/mol. The lowest BCUT2D eigenvalue weighted by Crippen LogP contribution is -2.46. The number of nitrogens with zero attached hydrogens (tertiary/aromatic N) is 1. The first kappa shape index (κ1) is 13.9. The number of hydrogen-bond acceptors (Lipinski definition) is 2. The molecule has 0 radical (unpaired) electrons. The van der Waals surface area contributed by atoms with Gasteiger partial charge in [0.2, 0.25) is 0 Å². The van der Waals surface area contributed by atoms with Crippen molar-refractivity contribution in [2.24, 2.45) is 11.7 Å². The maximum Gasteiger partial charge on any atom is 0.0254 e. The third-order valence-electron chi connectivity index (χ3n) is 2.54. The predicted octanol–water partition coefficient (Wildman–Crippen LogP) is 2.48. The third-order valence-corrected chi connectivity index (χ3v) is 2.54. The standard InChI is InChI=1S/C12H28N2/c1-6-8-12(4,13)10-14(5)9-7-11(2)3/h11H,6-10,13H2,1-5H3. The first-order valence-corrected chi connectivity index (χ1v) is 5.85. The predicted molar refractivity (Wildman–Crippen MR) is 64.5 cm³/mol. The molecule has 0 spiro atoms. The smallest absolute Gasteiger partial charge is 0.0254 e. The lowest BCUT2D eigenvalue weighted by Gasteiger charge is -2.30. The average Bonchev–Trinajstić information content (AvgIpc) is 1.99. The highest BCUT2D eigenvalue weighted by Crippen LogP contribution is 2.11. The van der Waals surface area contributed by atoms with Crippen molar-refractivity contribution >= 4 is 0 Å². The van der Waals surface area contributed by atoms with E-state index in [1.54, 1.807) is 0 Å². The van der Waals surface area contributed by atoms with Crippen molar-refractivity contribution < 1.29 is 0 Å².